The van der Waals surface area contributed by atoms with Gasteiger partial charge in [-0.1, -0.05) is 32.9 Å². The van der Waals surface area contributed by atoms with Gasteiger partial charge in [-0.15, -0.1) is 10.2 Å². The third kappa shape index (κ3) is 4.76. The van der Waals surface area contributed by atoms with E-state index in [1.54, 1.807) is 0 Å². The van der Waals surface area contributed by atoms with Crippen LogP contribution in [0.25, 0.3) is 22.6 Å². The minimum atomic E-state index is 0.0254. The number of nitrogens with zero attached hydrogens (tertiary/aromatic N) is 7. The average Bonchev–Trinajstić information content (AvgIpc) is 3.41. The lowest BCUT2D eigenvalue weighted by Gasteiger charge is -2.33. The van der Waals surface area contributed by atoms with Crippen LogP contribution in [0.3, 0.4) is 0 Å². The Kier molecular flexibility index (Phi) is 5.78. The second-order valence-electron chi connectivity index (χ2n) is 10.4. The summed E-state index contributed by atoms with van der Waals surface area (Å²) in [7, 11) is 1.99. The number of benzene rings is 1. The lowest BCUT2D eigenvalue weighted by Crippen LogP contribution is -2.48. The van der Waals surface area contributed by atoms with Crippen LogP contribution in [0.4, 0.5) is 6.01 Å². The van der Waals surface area contributed by atoms with E-state index in [9.17, 15) is 4.79 Å². The van der Waals surface area contributed by atoms with Crippen molar-refractivity contribution in [3.05, 3.63) is 53.5 Å². The van der Waals surface area contributed by atoms with Crippen molar-refractivity contribution in [1.29, 1.82) is 0 Å². The van der Waals surface area contributed by atoms with Gasteiger partial charge in [-0.05, 0) is 36.6 Å². The summed E-state index contributed by atoms with van der Waals surface area (Å²) in [5, 5.41) is 8.76. The fourth-order valence-corrected chi connectivity index (χ4v) is 4.32. The number of hydrogen-bond donors (Lipinski definition) is 0. The van der Waals surface area contributed by atoms with E-state index in [-0.39, 0.29) is 11.3 Å². The molecule has 0 N–H and O–H groups in total. The molecule has 0 bridgehead atoms. The fraction of sp³-hybridized carbons (Fsp3) is 0.423. The molecule has 5 rings (SSSR count). The van der Waals surface area contributed by atoms with Gasteiger partial charge in [0.25, 0.3) is 11.9 Å². The molecule has 1 saturated heterocycles. The first-order valence-electron chi connectivity index (χ1n) is 11.9. The van der Waals surface area contributed by atoms with Gasteiger partial charge in [-0.2, -0.15) is 4.98 Å². The molecule has 4 heterocycles. The molecule has 1 aromatic carbocycles. The molecule has 0 atom stereocenters. The summed E-state index contributed by atoms with van der Waals surface area (Å²) in [6.45, 7) is 11.0. The maximum Gasteiger partial charge on any atom is 0.300 e. The van der Waals surface area contributed by atoms with Gasteiger partial charge in [-0.25, -0.2) is 4.98 Å². The molecule has 1 aliphatic rings. The van der Waals surface area contributed by atoms with Crippen molar-refractivity contribution >= 4 is 23.2 Å². The topological polar surface area (TPSA) is 93.2 Å². The Bertz CT molecular complexity index is 1360. The van der Waals surface area contributed by atoms with E-state index in [2.05, 4.69) is 45.8 Å². The van der Waals surface area contributed by atoms with Crippen molar-refractivity contribution in [2.24, 2.45) is 12.5 Å². The number of carbonyl (C=O) groups excluding carboxylic acids is 1. The molecule has 1 amide bonds. The Morgan fingerprint density at radius 2 is 1.69 bits per heavy atom. The summed E-state index contributed by atoms with van der Waals surface area (Å²) in [5.74, 6) is 1.78. The van der Waals surface area contributed by atoms with Crippen molar-refractivity contribution in [2.75, 3.05) is 31.1 Å². The van der Waals surface area contributed by atoms with E-state index >= 15 is 0 Å². The minimum absolute atomic E-state index is 0.0254. The average molecular weight is 474 g/mol. The van der Waals surface area contributed by atoms with Crippen molar-refractivity contribution in [3.63, 3.8) is 0 Å². The van der Waals surface area contributed by atoms with Gasteiger partial charge in [0.15, 0.2) is 11.4 Å². The van der Waals surface area contributed by atoms with Crippen molar-refractivity contribution in [1.82, 2.24) is 29.6 Å². The second-order valence-corrected chi connectivity index (χ2v) is 10.4. The molecule has 4 aromatic rings. The molecular weight excluding hydrogens is 442 g/mol. The van der Waals surface area contributed by atoms with E-state index < -0.39 is 0 Å². The highest BCUT2D eigenvalue weighted by atomic mass is 16.4. The maximum absolute atomic E-state index is 13.1. The van der Waals surface area contributed by atoms with E-state index in [1.165, 1.54) is 0 Å². The predicted molar refractivity (Wildman–Crippen MR) is 134 cm³/mol. The Balaban J connectivity index is 1.23. The summed E-state index contributed by atoms with van der Waals surface area (Å²) in [5.41, 5.74) is 3.95. The number of oxazole rings is 1. The largest absolute Gasteiger partial charge is 0.422 e. The Morgan fingerprint density at radius 3 is 2.37 bits per heavy atom. The first-order chi connectivity index (χ1) is 16.7. The van der Waals surface area contributed by atoms with Crippen LogP contribution in [0, 0.1) is 12.3 Å². The van der Waals surface area contributed by atoms with Crippen LogP contribution < -0.4 is 4.90 Å². The summed E-state index contributed by atoms with van der Waals surface area (Å²) in [4.78, 5) is 26.0. The number of aryl methyl sites for hydroxylation is 1. The van der Waals surface area contributed by atoms with Gasteiger partial charge in [-0.3, -0.25) is 4.79 Å². The van der Waals surface area contributed by atoms with Crippen LogP contribution in [0.5, 0.6) is 0 Å². The standard InChI is InChI=1S/C26H31N7O2/c1-17-6-11-20-22(27-17)28-25(35-20)33-14-12-32(13-15-33)24(34)19-9-7-18(8-10-19)23-30-29-21(31(23)5)16-26(2,3)4/h6-11H,12-16H2,1-5H3. The zero-order chi connectivity index (χ0) is 24.7. The minimum Gasteiger partial charge on any atom is -0.422 e. The molecule has 9 heteroatoms. The van der Waals surface area contributed by atoms with E-state index in [1.807, 2.05) is 59.8 Å². The molecular formula is C26H31N7O2. The monoisotopic (exact) mass is 473 g/mol. The lowest BCUT2D eigenvalue weighted by atomic mass is 9.92. The van der Waals surface area contributed by atoms with Gasteiger partial charge in [0.1, 0.15) is 5.82 Å². The number of carbonyl (C=O) groups is 1. The number of hydrogen-bond acceptors (Lipinski definition) is 7. The van der Waals surface area contributed by atoms with Gasteiger partial charge in [0, 0.05) is 56.5 Å². The second kappa shape index (κ2) is 8.79. The molecule has 3 aromatic heterocycles. The van der Waals surface area contributed by atoms with Gasteiger partial charge < -0.3 is 18.8 Å². The first kappa shape index (κ1) is 23.0. The van der Waals surface area contributed by atoms with Gasteiger partial charge in [0.2, 0.25) is 5.65 Å². The van der Waals surface area contributed by atoms with E-state index in [0.29, 0.717) is 49.0 Å². The van der Waals surface area contributed by atoms with Crippen LogP contribution in [0.2, 0.25) is 0 Å². The number of rotatable bonds is 4. The smallest absolute Gasteiger partial charge is 0.300 e. The predicted octanol–water partition coefficient (Wildman–Crippen LogP) is 3.88. The zero-order valence-corrected chi connectivity index (χ0v) is 20.9. The van der Waals surface area contributed by atoms with Crippen LogP contribution in [0.1, 0.15) is 42.6 Å². The SMILES string of the molecule is Cc1ccc2oc(N3CCN(C(=O)c4ccc(-c5nnc(CC(C)(C)C)n5C)cc4)CC3)nc2n1. The summed E-state index contributed by atoms with van der Waals surface area (Å²) in [6, 6.07) is 12.0. The number of pyridine rings is 1. The maximum atomic E-state index is 13.1. The van der Waals surface area contributed by atoms with Crippen molar-refractivity contribution in [3.8, 4) is 11.4 Å². The third-order valence-corrected chi connectivity index (χ3v) is 6.26. The van der Waals surface area contributed by atoms with Gasteiger partial charge >= 0.3 is 0 Å². The summed E-state index contributed by atoms with van der Waals surface area (Å²) in [6.07, 6.45) is 0.846. The molecule has 0 unspecified atom stereocenters. The van der Waals surface area contributed by atoms with E-state index in [0.717, 1.165) is 29.3 Å². The number of anilines is 1. The summed E-state index contributed by atoms with van der Waals surface area (Å²) >= 11 is 0. The van der Waals surface area contributed by atoms with Crippen LogP contribution in [0.15, 0.2) is 40.8 Å². The number of fused-ring (bicyclic) bond motifs is 1. The molecule has 0 spiro atoms. The molecule has 0 saturated carbocycles. The van der Waals surface area contributed by atoms with Crippen molar-refractivity contribution in [2.45, 2.75) is 34.1 Å². The lowest BCUT2D eigenvalue weighted by molar-refractivity contribution is 0.0745. The van der Waals surface area contributed by atoms with Gasteiger partial charge in [0.05, 0.1) is 0 Å². The van der Waals surface area contributed by atoms with E-state index in [4.69, 9.17) is 4.42 Å². The van der Waals surface area contributed by atoms with Crippen LogP contribution in [-0.2, 0) is 13.5 Å². The van der Waals surface area contributed by atoms with Crippen LogP contribution >= 0.6 is 0 Å². The first-order valence-corrected chi connectivity index (χ1v) is 11.9. The number of piperazine rings is 1. The highest BCUT2D eigenvalue weighted by Gasteiger charge is 2.25. The summed E-state index contributed by atoms with van der Waals surface area (Å²) < 4.78 is 7.90. The molecule has 1 aliphatic heterocycles. The fourth-order valence-electron chi connectivity index (χ4n) is 4.32. The quantitative estimate of drug-likeness (QED) is 0.444. The van der Waals surface area contributed by atoms with Crippen molar-refractivity contribution < 1.29 is 9.21 Å². The zero-order valence-electron chi connectivity index (χ0n) is 20.9. The molecule has 9 nitrogen and oxygen atoms in total. The normalized spacial score (nSPS) is 14.7. The molecule has 1 fully saturated rings. The molecule has 182 valence electrons. The Hall–Kier alpha value is -3.75. The number of aromatic nitrogens is 5. The highest BCUT2D eigenvalue weighted by molar-refractivity contribution is 5.94. The Morgan fingerprint density at radius 1 is 0.971 bits per heavy atom. The molecule has 0 radical (unpaired) electrons. The van der Waals surface area contributed by atoms with Crippen LogP contribution in [-0.4, -0.2) is 61.7 Å². The third-order valence-electron chi connectivity index (χ3n) is 6.26. The molecule has 0 aliphatic carbocycles. The highest BCUT2D eigenvalue weighted by Crippen LogP contribution is 2.25. The molecule has 35 heavy (non-hydrogen) atoms. The number of amides is 1. The Labute approximate surface area is 204 Å².